The predicted molar refractivity (Wildman–Crippen MR) is 113 cm³/mol. The van der Waals surface area contributed by atoms with Crippen molar-refractivity contribution in [1.82, 2.24) is 25.8 Å². The fourth-order valence-corrected chi connectivity index (χ4v) is 5.07. The summed E-state index contributed by atoms with van der Waals surface area (Å²) in [6.07, 6.45) is 6.59. The van der Waals surface area contributed by atoms with Crippen molar-refractivity contribution in [3.63, 3.8) is 0 Å². The molecule has 0 aromatic rings. The Morgan fingerprint density at radius 1 is 1.13 bits per heavy atom. The molecule has 2 heterocycles. The third-order valence-corrected chi connectivity index (χ3v) is 6.37. The first-order chi connectivity index (χ1) is 14.4. The zero-order valence-corrected chi connectivity index (χ0v) is 18.5. The summed E-state index contributed by atoms with van der Waals surface area (Å²) in [5.74, 6) is -0.148. The topological polar surface area (TPSA) is 103 Å². The van der Waals surface area contributed by atoms with Crippen molar-refractivity contribution in [2.75, 3.05) is 33.4 Å². The van der Waals surface area contributed by atoms with Gasteiger partial charge in [-0.05, 0) is 33.1 Å². The molecule has 1 saturated carbocycles. The van der Waals surface area contributed by atoms with E-state index in [1.165, 1.54) is 26.4 Å². The minimum atomic E-state index is -0.353. The third kappa shape index (κ3) is 5.63. The molecule has 0 aromatic heterocycles. The summed E-state index contributed by atoms with van der Waals surface area (Å²) < 4.78 is 4.89. The Morgan fingerprint density at radius 2 is 1.87 bits per heavy atom. The predicted octanol–water partition coefficient (Wildman–Crippen LogP) is 0.443. The lowest BCUT2D eigenvalue weighted by Gasteiger charge is -2.47. The van der Waals surface area contributed by atoms with E-state index in [0.717, 1.165) is 25.8 Å². The second kappa shape index (κ2) is 10.4. The lowest BCUT2D eigenvalue weighted by Crippen LogP contribution is -2.65. The summed E-state index contributed by atoms with van der Waals surface area (Å²) in [5.41, 5.74) is 0. The van der Waals surface area contributed by atoms with E-state index in [1.54, 1.807) is 0 Å². The number of amides is 4. The Labute approximate surface area is 179 Å². The van der Waals surface area contributed by atoms with Crippen molar-refractivity contribution in [3.8, 4) is 0 Å². The summed E-state index contributed by atoms with van der Waals surface area (Å²) >= 11 is 0. The molecule has 1 aliphatic carbocycles. The number of ether oxygens (including phenoxy) is 1. The van der Waals surface area contributed by atoms with Gasteiger partial charge in [0.05, 0.1) is 6.04 Å². The summed E-state index contributed by atoms with van der Waals surface area (Å²) in [6, 6.07) is -0.0337. The van der Waals surface area contributed by atoms with Gasteiger partial charge in [-0.3, -0.25) is 14.5 Å². The molecular weight excluding hydrogens is 386 g/mol. The highest BCUT2D eigenvalue weighted by Crippen LogP contribution is 2.31. The Balaban J connectivity index is 1.67. The Kier molecular flexibility index (Phi) is 7.93. The van der Waals surface area contributed by atoms with Crippen LogP contribution >= 0.6 is 0 Å². The van der Waals surface area contributed by atoms with Gasteiger partial charge in [-0.2, -0.15) is 0 Å². The van der Waals surface area contributed by atoms with Gasteiger partial charge in [0.1, 0.15) is 12.6 Å². The fourth-order valence-electron chi connectivity index (χ4n) is 5.07. The van der Waals surface area contributed by atoms with E-state index in [9.17, 15) is 14.4 Å². The van der Waals surface area contributed by atoms with Gasteiger partial charge in [0.2, 0.25) is 11.8 Å². The van der Waals surface area contributed by atoms with Crippen LogP contribution in [0, 0.1) is 0 Å². The fraction of sp³-hybridized carbons (Fsp3) is 0.857. The van der Waals surface area contributed by atoms with Crippen LogP contribution in [0.25, 0.3) is 0 Å². The SMILES string of the molecule is COCC(=O)NC[C@H]1C(=O)N2C[C@@H](NC(=O)NC(C)C)C[C@H]2CN1C1CCCCC1. The Hall–Kier alpha value is -1.87. The van der Waals surface area contributed by atoms with Gasteiger partial charge in [0.15, 0.2) is 0 Å². The second-order valence-corrected chi connectivity index (χ2v) is 9.09. The average molecular weight is 424 g/mol. The average Bonchev–Trinajstić information content (AvgIpc) is 3.10. The number of carbonyl (C=O) groups is 3. The van der Waals surface area contributed by atoms with Gasteiger partial charge in [-0.15, -0.1) is 0 Å². The van der Waals surface area contributed by atoms with Crippen molar-refractivity contribution < 1.29 is 19.1 Å². The highest BCUT2D eigenvalue weighted by atomic mass is 16.5. The number of piperazine rings is 1. The molecule has 9 nitrogen and oxygen atoms in total. The van der Waals surface area contributed by atoms with E-state index in [0.29, 0.717) is 19.1 Å². The van der Waals surface area contributed by atoms with Gasteiger partial charge in [-0.25, -0.2) is 4.79 Å². The quantitative estimate of drug-likeness (QED) is 0.552. The molecule has 4 amide bonds. The first kappa shape index (κ1) is 22.8. The maximum absolute atomic E-state index is 13.4. The zero-order chi connectivity index (χ0) is 21.7. The van der Waals surface area contributed by atoms with Crippen molar-refractivity contribution >= 4 is 17.8 Å². The van der Waals surface area contributed by atoms with Gasteiger partial charge >= 0.3 is 6.03 Å². The van der Waals surface area contributed by atoms with Crippen LogP contribution in [-0.4, -0.2) is 91.2 Å². The summed E-state index contributed by atoms with van der Waals surface area (Å²) in [5, 5.41) is 8.73. The highest BCUT2D eigenvalue weighted by molar-refractivity contribution is 5.85. The highest BCUT2D eigenvalue weighted by Gasteiger charge is 2.47. The van der Waals surface area contributed by atoms with Gasteiger partial charge in [-0.1, -0.05) is 19.3 Å². The number of carbonyl (C=O) groups excluding carboxylic acids is 3. The smallest absolute Gasteiger partial charge is 0.315 e. The maximum atomic E-state index is 13.4. The lowest BCUT2D eigenvalue weighted by molar-refractivity contribution is -0.146. The molecule has 3 fully saturated rings. The number of hydrogen-bond acceptors (Lipinski definition) is 5. The van der Waals surface area contributed by atoms with Crippen LogP contribution < -0.4 is 16.0 Å². The number of fused-ring (bicyclic) bond motifs is 1. The molecule has 30 heavy (non-hydrogen) atoms. The largest absolute Gasteiger partial charge is 0.375 e. The zero-order valence-electron chi connectivity index (χ0n) is 18.5. The molecule has 3 atom stereocenters. The maximum Gasteiger partial charge on any atom is 0.315 e. The van der Waals surface area contributed by atoms with Crippen molar-refractivity contribution in [2.45, 2.75) is 82.6 Å². The van der Waals surface area contributed by atoms with E-state index in [-0.39, 0.29) is 48.6 Å². The third-order valence-electron chi connectivity index (χ3n) is 6.37. The second-order valence-electron chi connectivity index (χ2n) is 9.09. The molecule has 0 radical (unpaired) electrons. The van der Waals surface area contributed by atoms with E-state index >= 15 is 0 Å². The van der Waals surface area contributed by atoms with E-state index in [2.05, 4.69) is 20.9 Å². The summed E-state index contributed by atoms with van der Waals surface area (Å²) in [6.45, 7) is 5.46. The van der Waals surface area contributed by atoms with Crippen LogP contribution in [-0.2, 0) is 14.3 Å². The molecule has 0 bridgehead atoms. The van der Waals surface area contributed by atoms with Crippen molar-refractivity contribution in [3.05, 3.63) is 0 Å². The Morgan fingerprint density at radius 3 is 2.53 bits per heavy atom. The normalized spacial score (nSPS) is 27.8. The van der Waals surface area contributed by atoms with Crippen molar-refractivity contribution in [2.24, 2.45) is 0 Å². The minimum absolute atomic E-state index is 0.00631. The summed E-state index contributed by atoms with van der Waals surface area (Å²) in [4.78, 5) is 41.7. The molecule has 0 unspecified atom stereocenters. The number of methoxy groups -OCH3 is 1. The van der Waals surface area contributed by atoms with Crippen LogP contribution in [0.2, 0.25) is 0 Å². The van der Waals surface area contributed by atoms with Crippen LogP contribution in [0.4, 0.5) is 4.79 Å². The number of nitrogens with one attached hydrogen (secondary N) is 3. The monoisotopic (exact) mass is 423 g/mol. The molecule has 2 aliphatic heterocycles. The summed E-state index contributed by atoms with van der Waals surface area (Å²) in [7, 11) is 1.48. The molecule has 3 aliphatic rings. The van der Waals surface area contributed by atoms with Crippen LogP contribution in [0.15, 0.2) is 0 Å². The molecule has 3 N–H and O–H groups in total. The molecule has 9 heteroatoms. The van der Waals surface area contributed by atoms with Crippen LogP contribution in [0.1, 0.15) is 52.4 Å². The minimum Gasteiger partial charge on any atom is -0.375 e. The first-order valence-electron chi connectivity index (χ1n) is 11.3. The van der Waals surface area contributed by atoms with E-state index in [1.807, 2.05) is 18.7 Å². The van der Waals surface area contributed by atoms with Gasteiger partial charge < -0.3 is 25.6 Å². The van der Waals surface area contributed by atoms with Crippen molar-refractivity contribution in [1.29, 1.82) is 0 Å². The van der Waals surface area contributed by atoms with Crippen LogP contribution in [0.3, 0.4) is 0 Å². The first-order valence-corrected chi connectivity index (χ1v) is 11.3. The molecular formula is C21H37N5O4. The Bertz CT molecular complexity index is 623. The number of rotatable bonds is 7. The number of nitrogens with zero attached hydrogens (tertiary/aromatic N) is 2. The number of hydrogen-bond donors (Lipinski definition) is 3. The molecule has 0 spiro atoms. The molecule has 170 valence electrons. The molecule has 2 saturated heterocycles. The van der Waals surface area contributed by atoms with Gasteiger partial charge in [0, 0.05) is 44.9 Å². The van der Waals surface area contributed by atoms with Gasteiger partial charge in [0.25, 0.3) is 0 Å². The molecule has 0 aromatic carbocycles. The van der Waals surface area contributed by atoms with Crippen LogP contribution in [0.5, 0.6) is 0 Å². The number of urea groups is 1. The standard InChI is InChI=1S/C21H37N5O4/c1-14(2)23-21(29)24-15-9-17-12-25(16-7-5-4-6-8-16)18(20(28)26(17)11-15)10-22-19(27)13-30-3/h14-18H,4-13H2,1-3H3,(H,22,27)(H2,23,24,29)/t15-,17-,18-/m0/s1. The van der Waals surface area contributed by atoms with E-state index < -0.39 is 0 Å². The lowest BCUT2D eigenvalue weighted by atomic mass is 9.91. The molecule has 3 rings (SSSR count). The van der Waals surface area contributed by atoms with E-state index in [4.69, 9.17) is 4.74 Å².